The van der Waals surface area contributed by atoms with Crippen LogP contribution < -0.4 is 10.6 Å². The van der Waals surface area contributed by atoms with Gasteiger partial charge in [-0.1, -0.05) is 37.3 Å². The highest BCUT2D eigenvalue weighted by Gasteiger charge is 2.08. The van der Waals surface area contributed by atoms with Gasteiger partial charge in [0.25, 0.3) is 0 Å². The summed E-state index contributed by atoms with van der Waals surface area (Å²) in [6, 6.07) is 6.43. The van der Waals surface area contributed by atoms with E-state index in [1.165, 1.54) is 26.9 Å². The number of fused-ring (bicyclic) bond motifs is 1. The van der Waals surface area contributed by atoms with Crippen molar-refractivity contribution in [1.82, 2.24) is 20.5 Å². The van der Waals surface area contributed by atoms with Crippen molar-refractivity contribution in [3.05, 3.63) is 47.7 Å². The van der Waals surface area contributed by atoms with Gasteiger partial charge >= 0.3 is 0 Å². The highest BCUT2D eigenvalue weighted by Crippen LogP contribution is 2.22. The van der Waals surface area contributed by atoms with Crippen molar-refractivity contribution in [2.24, 2.45) is 4.99 Å². The zero-order chi connectivity index (χ0) is 19.8. The summed E-state index contributed by atoms with van der Waals surface area (Å²) < 4.78 is 0. The maximum atomic E-state index is 11.8. The number of amides is 1. The molecule has 2 rings (SSSR count). The number of aryl methyl sites for hydroxylation is 1. The molecule has 0 aliphatic rings. The summed E-state index contributed by atoms with van der Waals surface area (Å²) in [5.74, 6) is 0.595. The Kier molecular flexibility index (Phi) is 10.1. The first-order valence-corrected chi connectivity index (χ1v) is 9.37. The average Bonchev–Trinajstić information content (AvgIpc) is 3.06. The first-order valence-electron chi connectivity index (χ1n) is 9.37. The first-order chi connectivity index (χ1) is 12.9. The number of likely N-dealkylation sites (N-methyl/N-ethyl adjacent to an activating group) is 1. The van der Waals surface area contributed by atoms with Gasteiger partial charge in [0, 0.05) is 44.3 Å². The number of carbonyl (C=O) groups is 1. The van der Waals surface area contributed by atoms with E-state index in [0.717, 1.165) is 25.0 Å². The molecule has 0 fully saturated rings. The molecule has 0 aliphatic heterocycles. The Morgan fingerprint density at radius 1 is 1.25 bits per heavy atom. The van der Waals surface area contributed by atoms with Crippen LogP contribution in [0.15, 0.2) is 41.5 Å². The minimum atomic E-state index is -0.0323. The number of hydrogen-bond acceptors (Lipinski definition) is 2. The van der Waals surface area contributed by atoms with Crippen LogP contribution in [0, 0.1) is 0 Å². The number of carbonyl (C=O) groups excluding carboxylic acids is 1. The lowest BCUT2D eigenvalue weighted by atomic mass is 10.1. The summed E-state index contributed by atoms with van der Waals surface area (Å²) in [6.07, 6.45) is 3.96. The smallest absolute Gasteiger partial charge is 0.243 e. The number of para-hydroxylation sites is 1. The molecule has 3 N–H and O–H groups in total. The number of aromatic amines is 1. The number of nitrogens with zero attached hydrogens (tertiary/aromatic N) is 2. The minimum Gasteiger partial charge on any atom is -0.361 e. The summed E-state index contributed by atoms with van der Waals surface area (Å²) in [5, 5.41) is 7.79. The Balaban J connectivity index is 0.00000392. The van der Waals surface area contributed by atoms with Crippen molar-refractivity contribution >= 4 is 46.7 Å². The summed E-state index contributed by atoms with van der Waals surface area (Å²) in [5.41, 5.74) is 4.84. The Bertz CT molecular complexity index is 825. The fraction of sp³-hybridized carbons (Fsp3) is 0.429. The van der Waals surface area contributed by atoms with E-state index in [9.17, 15) is 4.79 Å². The molecule has 154 valence electrons. The van der Waals surface area contributed by atoms with Gasteiger partial charge < -0.3 is 20.5 Å². The van der Waals surface area contributed by atoms with Gasteiger partial charge in [-0.2, -0.15) is 0 Å². The Hall–Kier alpha value is -2.03. The first kappa shape index (κ1) is 24.0. The van der Waals surface area contributed by atoms with Crippen molar-refractivity contribution in [3.8, 4) is 0 Å². The fourth-order valence-electron chi connectivity index (χ4n) is 2.79. The molecule has 6 nitrogen and oxygen atoms in total. The van der Waals surface area contributed by atoms with Crippen LogP contribution in [0.2, 0.25) is 0 Å². The molecule has 7 heteroatoms. The molecule has 0 unspecified atom stereocenters. The van der Waals surface area contributed by atoms with Crippen LogP contribution in [0.25, 0.3) is 10.9 Å². The van der Waals surface area contributed by atoms with Gasteiger partial charge in [-0.3, -0.25) is 4.79 Å². The lowest BCUT2D eigenvalue weighted by molar-refractivity contribution is -0.127. The van der Waals surface area contributed by atoms with E-state index in [2.05, 4.69) is 58.5 Å². The number of H-pyrrole nitrogens is 1. The van der Waals surface area contributed by atoms with E-state index < -0.39 is 0 Å². The van der Waals surface area contributed by atoms with Crippen LogP contribution in [0.1, 0.15) is 25.0 Å². The van der Waals surface area contributed by atoms with Crippen molar-refractivity contribution in [2.75, 3.05) is 33.7 Å². The van der Waals surface area contributed by atoms with Crippen molar-refractivity contribution in [3.63, 3.8) is 0 Å². The third-order valence-corrected chi connectivity index (χ3v) is 4.38. The summed E-state index contributed by atoms with van der Waals surface area (Å²) in [4.78, 5) is 21.1. The van der Waals surface area contributed by atoms with Crippen molar-refractivity contribution in [2.45, 2.75) is 26.7 Å². The molecule has 0 radical (unpaired) electrons. The Labute approximate surface area is 184 Å². The van der Waals surface area contributed by atoms with Crippen molar-refractivity contribution in [1.29, 1.82) is 0 Å². The number of benzene rings is 1. The van der Waals surface area contributed by atoms with Crippen molar-refractivity contribution < 1.29 is 4.79 Å². The molecular weight excluding hydrogens is 465 g/mol. The van der Waals surface area contributed by atoms with E-state index >= 15 is 0 Å². The lowest BCUT2D eigenvalue weighted by Gasteiger charge is -2.13. The fourth-order valence-corrected chi connectivity index (χ4v) is 2.79. The van der Waals surface area contributed by atoms with Crippen LogP contribution in [0.3, 0.4) is 0 Å². The molecule has 1 heterocycles. The zero-order valence-corrected chi connectivity index (χ0v) is 19.6. The highest BCUT2D eigenvalue weighted by atomic mass is 127. The average molecular weight is 497 g/mol. The third kappa shape index (κ3) is 6.85. The van der Waals surface area contributed by atoms with Crippen LogP contribution in [0.5, 0.6) is 0 Å². The number of aliphatic imine (C=N–C) groups is 1. The van der Waals surface area contributed by atoms with Crippen LogP contribution in [-0.4, -0.2) is 55.5 Å². The SMILES string of the molecule is C=C(C)CNC(=NCC(=O)N(C)C)NCCc1c[nH]c2c(CC)cccc12.I. The molecule has 0 saturated heterocycles. The van der Waals surface area contributed by atoms with Gasteiger partial charge in [0.05, 0.1) is 0 Å². The summed E-state index contributed by atoms with van der Waals surface area (Å²) in [6.45, 7) is 9.48. The molecule has 1 aromatic carbocycles. The summed E-state index contributed by atoms with van der Waals surface area (Å²) >= 11 is 0. The molecule has 0 saturated carbocycles. The van der Waals surface area contributed by atoms with Gasteiger partial charge in [0.2, 0.25) is 5.91 Å². The second kappa shape index (κ2) is 11.7. The van der Waals surface area contributed by atoms with Crippen LogP contribution in [-0.2, 0) is 17.6 Å². The van der Waals surface area contributed by atoms with E-state index in [1.807, 2.05) is 6.92 Å². The predicted molar refractivity (Wildman–Crippen MR) is 129 cm³/mol. The second-order valence-corrected chi connectivity index (χ2v) is 6.95. The predicted octanol–water partition coefficient (Wildman–Crippen LogP) is 3.09. The number of hydrogen-bond donors (Lipinski definition) is 3. The van der Waals surface area contributed by atoms with E-state index in [1.54, 1.807) is 14.1 Å². The van der Waals surface area contributed by atoms with Gasteiger partial charge in [0.1, 0.15) is 6.54 Å². The molecule has 0 aliphatic carbocycles. The highest BCUT2D eigenvalue weighted by molar-refractivity contribution is 14.0. The number of rotatable bonds is 8. The maximum absolute atomic E-state index is 11.8. The minimum absolute atomic E-state index is 0. The lowest BCUT2D eigenvalue weighted by Crippen LogP contribution is -2.40. The van der Waals surface area contributed by atoms with Crippen LogP contribution in [0.4, 0.5) is 0 Å². The van der Waals surface area contributed by atoms with Gasteiger partial charge in [-0.25, -0.2) is 4.99 Å². The number of nitrogens with one attached hydrogen (secondary N) is 3. The number of halogens is 1. The summed E-state index contributed by atoms with van der Waals surface area (Å²) in [7, 11) is 3.46. The topological polar surface area (TPSA) is 72.5 Å². The van der Waals surface area contributed by atoms with Gasteiger partial charge in [-0.15, -0.1) is 24.0 Å². The van der Waals surface area contributed by atoms with Gasteiger partial charge in [0.15, 0.2) is 5.96 Å². The molecule has 1 aromatic heterocycles. The van der Waals surface area contributed by atoms with E-state index in [4.69, 9.17) is 0 Å². The van der Waals surface area contributed by atoms with Crippen LogP contribution >= 0.6 is 24.0 Å². The van der Waals surface area contributed by atoms with E-state index in [0.29, 0.717) is 12.5 Å². The standard InChI is InChI=1S/C21H31N5O.HI/c1-6-16-8-7-9-18-17(13-23-20(16)18)10-11-22-21(24-12-15(2)3)25-14-19(27)26(4)5;/h7-9,13,23H,2,6,10-12,14H2,1,3-5H3,(H2,22,24,25);1H. The molecule has 0 spiro atoms. The second-order valence-electron chi connectivity index (χ2n) is 6.95. The third-order valence-electron chi connectivity index (χ3n) is 4.38. The normalized spacial score (nSPS) is 11.1. The van der Waals surface area contributed by atoms with Gasteiger partial charge in [-0.05, 0) is 30.9 Å². The quantitative estimate of drug-likeness (QED) is 0.227. The molecular formula is C21H32IN5O. The zero-order valence-electron chi connectivity index (χ0n) is 17.3. The molecule has 0 atom stereocenters. The maximum Gasteiger partial charge on any atom is 0.243 e. The number of aromatic nitrogens is 1. The number of guanidine groups is 1. The molecule has 28 heavy (non-hydrogen) atoms. The van der Waals surface area contributed by atoms with E-state index in [-0.39, 0.29) is 36.4 Å². The molecule has 2 aromatic rings. The largest absolute Gasteiger partial charge is 0.361 e. The Morgan fingerprint density at radius 2 is 2.00 bits per heavy atom. The monoisotopic (exact) mass is 497 g/mol. The molecule has 0 bridgehead atoms. The Morgan fingerprint density at radius 3 is 2.64 bits per heavy atom. The molecule has 1 amide bonds.